The number of thiocarbonyl (C=S) groups is 1. The van der Waals surface area contributed by atoms with E-state index in [-0.39, 0.29) is 16.1 Å². The summed E-state index contributed by atoms with van der Waals surface area (Å²) in [5.41, 5.74) is 4.26. The van der Waals surface area contributed by atoms with Gasteiger partial charge >= 0.3 is 0 Å². The topological polar surface area (TPSA) is 67.9 Å². The molecule has 1 aliphatic rings. The highest BCUT2D eigenvalue weighted by atomic mass is 32.2. The number of carbonyl (C=O) groups is 2. The largest absolute Gasteiger partial charge is 0.490 e. The average Bonchev–Trinajstić information content (AvgIpc) is 3.36. The number of benzene rings is 1. The number of hydrogen-bond donors (Lipinski definition) is 1. The lowest BCUT2D eigenvalue weighted by molar-refractivity contribution is -0.123. The Balaban J connectivity index is 1.89. The van der Waals surface area contributed by atoms with E-state index in [1.807, 2.05) is 26.0 Å². The molecule has 1 aromatic carbocycles. The molecule has 0 atom stereocenters. The highest BCUT2D eigenvalue weighted by molar-refractivity contribution is 8.26. The molecular weight excluding hydrogens is 452 g/mol. The van der Waals surface area contributed by atoms with Crippen molar-refractivity contribution < 1.29 is 19.1 Å². The lowest BCUT2D eigenvalue weighted by Crippen LogP contribution is -2.44. The van der Waals surface area contributed by atoms with Crippen LogP contribution in [0.15, 0.2) is 47.2 Å². The maximum atomic E-state index is 12.9. The van der Waals surface area contributed by atoms with E-state index in [1.54, 1.807) is 29.7 Å². The Morgan fingerprint density at radius 2 is 2.06 bits per heavy atom. The minimum Gasteiger partial charge on any atom is -0.490 e. The van der Waals surface area contributed by atoms with Crippen LogP contribution in [0, 0.1) is 0 Å². The number of nitrogens with one attached hydrogen (secondary N) is 1. The summed E-state index contributed by atoms with van der Waals surface area (Å²) in [4.78, 5) is 26.1. The van der Waals surface area contributed by atoms with E-state index in [4.69, 9.17) is 21.7 Å². The van der Waals surface area contributed by atoms with E-state index in [9.17, 15) is 9.59 Å². The highest BCUT2D eigenvalue weighted by Crippen LogP contribution is 2.37. The second-order valence-corrected chi connectivity index (χ2v) is 8.92. The Kier molecular flexibility index (Phi) is 7.89. The van der Waals surface area contributed by atoms with Crippen molar-refractivity contribution in [2.24, 2.45) is 0 Å². The van der Waals surface area contributed by atoms with E-state index in [0.29, 0.717) is 40.9 Å². The van der Waals surface area contributed by atoms with Crippen LogP contribution < -0.4 is 14.9 Å². The molecule has 6 nitrogen and oxygen atoms in total. The summed E-state index contributed by atoms with van der Waals surface area (Å²) in [5.74, 6) is 0.533. The van der Waals surface area contributed by atoms with Gasteiger partial charge in [-0.1, -0.05) is 23.9 Å². The van der Waals surface area contributed by atoms with Crippen LogP contribution in [0.3, 0.4) is 0 Å². The normalized spacial score (nSPS) is 14.8. The van der Waals surface area contributed by atoms with Crippen LogP contribution in [0.5, 0.6) is 11.5 Å². The number of nitrogens with zero attached hydrogens (tertiary/aromatic N) is 1. The van der Waals surface area contributed by atoms with Crippen LogP contribution in [0.4, 0.5) is 0 Å². The molecule has 0 unspecified atom stereocenters. The number of hydrazine groups is 1. The molecule has 3 rings (SSSR count). The molecule has 162 valence electrons. The summed E-state index contributed by atoms with van der Waals surface area (Å²) in [6.45, 7) is 8.61. The molecule has 0 bridgehead atoms. The number of hydrogen-bond acceptors (Lipinski definition) is 7. The summed E-state index contributed by atoms with van der Waals surface area (Å²) in [6.07, 6.45) is 4.12. The number of thiophene rings is 1. The molecule has 0 saturated carbocycles. The predicted octanol–water partition coefficient (Wildman–Crippen LogP) is 4.82. The monoisotopic (exact) mass is 474 g/mol. The van der Waals surface area contributed by atoms with Crippen LogP contribution in [0.1, 0.15) is 34.6 Å². The highest BCUT2D eigenvalue weighted by Gasteiger charge is 2.34. The number of rotatable bonds is 9. The Morgan fingerprint density at radius 3 is 2.71 bits per heavy atom. The second kappa shape index (κ2) is 10.6. The van der Waals surface area contributed by atoms with Crippen molar-refractivity contribution in [3.05, 3.63) is 63.2 Å². The molecule has 0 spiro atoms. The molecule has 1 saturated heterocycles. The fraction of sp³-hybridized carbons (Fsp3) is 0.227. The van der Waals surface area contributed by atoms with Crippen LogP contribution in [0.2, 0.25) is 0 Å². The number of amides is 2. The van der Waals surface area contributed by atoms with Crippen molar-refractivity contribution in [1.29, 1.82) is 0 Å². The van der Waals surface area contributed by atoms with Gasteiger partial charge in [0.1, 0.15) is 0 Å². The molecule has 1 N–H and O–H groups in total. The van der Waals surface area contributed by atoms with Gasteiger partial charge in [0.2, 0.25) is 0 Å². The third-order valence-corrected chi connectivity index (χ3v) is 6.33. The Labute approximate surface area is 194 Å². The van der Waals surface area contributed by atoms with Crippen molar-refractivity contribution in [1.82, 2.24) is 10.4 Å². The predicted molar refractivity (Wildman–Crippen MR) is 129 cm³/mol. The summed E-state index contributed by atoms with van der Waals surface area (Å²) in [5, 5.41) is 2.90. The summed E-state index contributed by atoms with van der Waals surface area (Å²) in [7, 11) is 0. The number of thioether (sulfide) groups is 1. The Hall–Kier alpha value is -2.62. The van der Waals surface area contributed by atoms with E-state index in [2.05, 4.69) is 12.0 Å². The third kappa shape index (κ3) is 5.36. The number of ether oxygens (including phenoxy) is 2. The molecule has 0 radical (unpaired) electrons. The minimum absolute atomic E-state index is 0.267. The molecule has 1 fully saturated rings. The molecular formula is C22H22N2O4S3. The quantitative estimate of drug-likeness (QED) is 0.319. The standard InChI is InChI=1S/C22H22N2O4S3/c1-4-8-15-11-14(12-16(27-5-2)19(15)28-6-3)13-18-21(26)24(22(29)31-18)23-20(25)17-9-7-10-30-17/h4,7,9-13H,1,5-6,8H2,2-3H3,(H,23,25)/b18-13+. The zero-order valence-electron chi connectivity index (χ0n) is 17.2. The van der Waals surface area contributed by atoms with Gasteiger partial charge < -0.3 is 9.47 Å². The molecule has 1 aromatic heterocycles. The lowest BCUT2D eigenvalue weighted by Gasteiger charge is -2.16. The maximum absolute atomic E-state index is 12.9. The van der Waals surface area contributed by atoms with E-state index in [0.717, 1.165) is 27.9 Å². The van der Waals surface area contributed by atoms with E-state index in [1.165, 1.54) is 11.3 Å². The SMILES string of the molecule is C=CCc1cc(/C=C2/SC(=S)N(NC(=O)c3cccs3)C2=O)cc(OCC)c1OCC. The van der Waals surface area contributed by atoms with Gasteiger partial charge in [0.25, 0.3) is 11.8 Å². The average molecular weight is 475 g/mol. The molecule has 9 heteroatoms. The summed E-state index contributed by atoms with van der Waals surface area (Å²) < 4.78 is 11.8. The van der Waals surface area contributed by atoms with Gasteiger partial charge in [-0.3, -0.25) is 15.0 Å². The Morgan fingerprint density at radius 1 is 1.29 bits per heavy atom. The first-order valence-corrected chi connectivity index (χ1v) is 11.7. The molecule has 31 heavy (non-hydrogen) atoms. The maximum Gasteiger partial charge on any atom is 0.285 e. The third-order valence-electron chi connectivity index (χ3n) is 4.16. The van der Waals surface area contributed by atoms with Gasteiger partial charge in [-0.15, -0.1) is 17.9 Å². The zero-order valence-corrected chi connectivity index (χ0v) is 19.6. The first-order valence-electron chi connectivity index (χ1n) is 9.64. The smallest absolute Gasteiger partial charge is 0.285 e. The molecule has 2 heterocycles. The summed E-state index contributed by atoms with van der Waals surface area (Å²) >= 11 is 7.73. The van der Waals surface area contributed by atoms with Crippen molar-refractivity contribution in [3.63, 3.8) is 0 Å². The van der Waals surface area contributed by atoms with Crippen LogP contribution in [-0.4, -0.2) is 34.4 Å². The van der Waals surface area contributed by atoms with Crippen molar-refractivity contribution >= 4 is 57.5 Å². The van der Waals surface area contributed by atoms with Crippen LogP contribution in [-0.2, 0) is 11.2 Å². The van der Waals surface area contributed by atoms with Gasteiger partial charge in [0.05, 0.1) is 23.0 Å². The van der Waals surface area contributed by atoms with Crippen LogP contribution in [0.25, 0.3) is 6.08 Å². The second-order valence-electron chi connectivity index (χ2n) is 6.30. The fourth-order valence-electron chi connectivity index (χ4n) is 2.92. The number of allylic oxidation sites excluding steroid dienone is 1. The zero-order chi connectivity index (χ0) is 22.4. The van der Waals surface area contributed by atoms with Gasteiger partial charge in [0.15, 0.2) is 15.8 Å². The van der Waals surface area contributed by atoms with Gasteiger partial charge in [-0.2, -0.15) is 5.01 Å². The Bertz CT molecular complexity index is 1030. The van der Waals surface area contributed by atoms with Crippen molar-refractivity contribution in [2.75, 3.05) is 13.2 Å². The molecule has 0 aliphatic carbocycles. The fourth-order valence-corrected chi connectivity index (χ4v) is 4.72. The van der Waals surface area contributed by atoms with Crippen molar-refractivity contribution in [2.45, 2.75) is 20.3 Å². The molecule has 2 aromatic rings. The molecule has 1 aliphatic heterocycles. The summed E-state index contributed by atoms with van der Waals surface area (Å²) in [6, 6.07) is 7.22. The van der Waals surface area contributed by atoms with Gasteiger partial charge in [-0.25, -0.2) is 0 Å². The van der Waals surface area contributed by atoms with E-state index >= 15 is 0 Å². The van der Waals surface area contributed by atoms with Crippen molar-refractivity contribution in [3.8, 4) is 11.5 Å². The first-order chi connectivity index (χ1) is 15.0. The van der Waals surface area contributed by atoms with Crippen LogP contribution >= 0.6 is 35.3 Å². The van der Waals surface area contributed by atoms with Gasteiger partial charge in [0, 0.05) is 5.56 Å². The number of carbonyl (C=O) groups excluding carboxylic acids is 2. The lowest BCUT2D eigenvalue weighted by atomic mass is 10.0. The molecule has 2 amide bonds. The first kappa shape index (κ1) is 23.1. The minimum atomic E-state index is -0.378. The van der Waals surface area contributed by atoms with Gasteiger partial charge in [-0.05, 0) is 67.7 Å². The van der Waals surface area contributed by atoms with E-state index < -0.39 is 0 Å².